The highest BCUT2D eigenvalue weighted by Crippen LogP contribution is 2.26. The number of nitrogens with zero attached hydrogens (tertiary/aromatic N) is 2. The van der Waals surface area contributed by atoms with Crippen molar-refractivity contribution in [1.82, 2.24) is 4.31 Å². The number of hydroxylamine groups is 2. The van der Waals surface area contributed by atoms with Gasteiger partial charge in [-0.1, -0.05) is 18.2 Å². The summed E-state index contributed by atoms with van der Waals surface area (Å²) in [6, 6.07) is 12.6. The Morgan fingerprint density at radius 3 is 2.63 bits per heavy atom. The van der Waals surface area contributed by atoms with E-state index in [1.165, 1.54) is 0 Å². The van der Waals surface area contributed by atoms with Crippen molar-refractivity contribution in [2.24, 2.45) is 0 Å². The van der Waals surface area contributed by atoms with Crippen LogP contribution in [-0.2, 0) is 21.3 Å². The molecule has 3 aliphatic rings. The van der Waals surface area contributed by atoms with Crippen molar-refractivity contribution in [3.63, 3.8) is 0 Å². The van der Waals surface area contributed by atoms with Crippen molar-refractivity contribution in [1.29, 1.82) is 0 Å². The van der Waals surface area contributed by atoms with E-state index in [-0.39, 0.29) is 22.9 Å². The molecule has 1 aromatic carbocycles. The molecule has 0 radical (unpaired) electrons. The maximum atomic E-state index is 13.3. The van der Waals surface area contributed by atoms with Gasteiger partial charge in [-0.15, -0.1) is 0 Å². The molecule has 0 saturated carbocycles. The van der Waals surface area contributed by atoms with Gasteiger partial charge >= 0.3 is 0 Å². The molecule has 8 nitrogen and oxygen atoms in total. The molecule has 2 atom stereocenters. The van der Waals surface area contributed by atoms with Crippen molar-refractivity contribution < 1.29 is 22.8 Å². The van der Waals surface area contributed by atoms with Gasteiger partial charge in [-0.2, -0.15) is 0 Å². The fraction of sp³-hybridized carbons (Fsp3) is 0.500. The monoisotopic (exact) mass is 499 g/mol. The van der Waals surface area contributed by atoms with Gasteiger partial charge in [0, 0.05) is 55.6 Å². The lowest BCUT2D eigenvalue weighted by Crippen LogP contribution is -3.04. The minimum absolute atomic E-state index is 0.134. The second-order valence-electron chi connectivity index (χ2n) is 9.70. The van der Waals surface area contributed by atoms with Gasteiger partial charge in [0.2, 0.25) is 10.0 Å². The van der Waals surface area contributed by atoms with Crippen LogP contribution >= 0.6 is 0 Å². The van der Waals surface area contributed by atoms with Crippen LogP contribution in [0.4, 0.5) is 5.82 Å². The first-order valence-corrected chi connectivity index (χ1v) is 14.2. The Morgan fingerprint density at radius 2 is 1.94 bits per heavy atom. The predicted octanol–water partition coefficient (Wildman–Crippen LogP) is 1.86. The van der Waals surface area contributed by atoms with E-state index in [1.54, 1.807) is 11.2 Å². The highest BCUT2D eigenvalue weighted by atomic mass is 32.2. The highest BCUT2D eigenvalue weighted by Gasteiger charge is 2.35. The quantitative estimate of drug-likeness (QED) is 0.468. The van der Waals surface area contributed by atoms with Crippen molar-refractivity contribution in [3.05, 3.63) is 64.0 Å². The summed E-state index contributed by atoms with van der Waals surface area (Å²) in [6.07, 6.45) is 4.46. The van der Waals surface area contributed by atoms with Crippen LogP contribution < -0.4 is 14.9 Å². The SMILES string of the molecule is CCS(=O)(=O)N1CCC(Nc2ccc3c([n+]2C2CCOC2)C[NH+]([O-])C(c2ccccc2C)=C3)CC1. The van der Waals surface area contributed by atoms with Gasteiger partial charge in [0.15, 0.2) is 5.69 Å². The third-order valence-corrected chi connectivity index (χ3v) is 9.38. The number of rotatable bonds is 6. The number of aromatic nitrogens is 1. The third kappa shape index (κ3) is 4.88. The molecule has 0 amide bonds. The molecular weight excluding hydrogens is 464 g/mol. The molecule has 2 unspecified atom stereocenters. The molecule has 1 aromatic heterocycles. The van der Waals surface area contributed by atoms with Crippen LogP contribution in [0, 0.1) is 12.1 Å². The van der Waals surface area contributed by atoms with E-state index in [4.69, 9.17) is 4.74 Å². The molecule has 0 aliphatic carbocycles. The Morgan fingerprint density at radius 1 is 1.17 bits per heavy atom. The number of piperidine rings is 1. The first-order chi connectivity index (χ1) is 16.9. The van der Waals surface area contributed by atoms with Gasteiger partial charge in [-0.05, 0) is 31.5 Å². The summed E-state index contributed by atoms with van der Waals surface area (Å²) in [4.78, 5) is 0. The molecule has 2 aromatic rings. The van der Waals surface area contributed by atoms with Crippen LogP contribution in [0.5, 0.6) is 0 Å². The van der Waals surface area contributed by atoms with Gasteiger partial charge in [0.1, 0.15) is 18.3 Å². The Kier molecular flexibility index (Phi) is 6.96. The van der Waals surface area contributed by atoms with E-state index in [1.807, 2.05) is 37.3 Å². The number of pyridine rings is 1. The first-order valence-electron chi connectivity index (χ1n) is 12.6. The number of aryl methyl sites for hydroxylation is 1. The number of benzene rings is 1. The Hall–Kier alpha value is -2.30. The molecule has 35 heavy (non-hydrogen) atoms. The average molecular weight is 500 g/mol. The molecule has 2 saturated heterocycles. The van der Waals surface area contributed by atoms with E-state index < -0.39 is 10.0 Å². The minimum atomic E-state index is -3.15. The lowest BCUT2D eigenvalue weighted by Gasteiger charge is -2.32. The van der Waals surface area contributed by atoms with E-state index in [2.05, 4.69) is 22.0 Å². The molecule has 2 N–H and O–H groups in total. The summed E-state index contributed by atoms with van der Waals surface area (Å²) in [7, 11) is -3.15. The maximum Gasteiger partial charge on any atom is 0.275 e. The summed E-state index contributed by atoms with van der Waals surface area (Å²) in [5.74, 6) is 1.13. The van der Waals surface area contributed by atoms with E-state index in [9.17, 15) is 13.6 Å². The lowest BCUT2D eigenvalue weighted by atomic mass is 9.99. The van der Waals surface area contributed by atoms with Crippen LogP contribution in [-0.4, -0.2) is 50.8 Å². The lowest BCUT2D eigenvalue weighted by molar-refractivity contribution is -0.811. The van der Waals surface area contributed by atoms with E-state index in [0.29, 0.717) is 32.8 Å². The summed E-state index contributed by atoms with van der Waals surface area (Å²) in [5, 5.41) is 17.2. The summed E-state index contributed by atoms with van der Waals surface area (Å²) >= 11 is 0. The van der Waals surface area contributed by atoms with Gasteiger partial charge in [-0.25, -0.2) is 17.3 Å². The smallest absolute Gasteiger partial charge is 0.275 e. The van der Waals surface area contributed by atoms with Crippen molar-refractivity contribution in [2.75, 3.05) is 37.4 Å². The Labute approximate surface area is 207 Å². The predicted molar refractivity (Wildman–Crippen MR) is 136 cm³/mol. The zero-order chi connectivity index (χ0) is 24.6. The fourth-order valence-electron chi connectivity index (χ4n) is 5.47. The summed E-state index contributed by atoms with van der Waals surface area (Å²) in [6.45, 7) is 6.50. The Bertz CT molecular complexity index is 1220. The number of sulfonamides is 1. The molecule has 0 spiro atoms. The van der Waals surface area contributed by atoms with Gasteiger partial charge in [-0.3, -0.25) is 5.32 Å². The normalized spacial score (nSPS) is 23.7. The van der Waals surface area contributed by atoms with Crippen LogP contribution in [0.25, 0.3) is 11.8 Å². The minimum Gasteiger partial charge on any atom is -0.628 e. The van der Waals surface area contributed by atoms with E-state index in [0.717, 1.165) is 53.2 Å². The maximum absolute atomic E-state index is 13.3. The molecule has 188 valence electrons. The highest BCUT2D eigenvalue weighted by molar-refractivity contribution is 7.89. The summed E-state index contributed by atoms with van der Waals surface area (Å²) in [5.41, 5.74) is 4.97. The van der Waals surface area contributed by atoms with Crippen molar-refractivity contribution in [3.8, 4) is 0 Å². The Balaban J connectivity index is 1.45. The number of nitrogens with one attached hydrogen (secondary N) is 2. The van der Waals surface area contributed by atoms with Gasteiger partial charge in [0.05, 0.1) is 25.0 Å². The zero-order valence-corrected chi connectivity index (χ0v) is 21.3. The molecule has 5 rings (SSSR count). The number of hydrogen-bond donors (Lipinski definition) is 2. The van der Waals surface area contributed by atoms with Crippen LogP contribution in [0.15, 0.2) is 36.4 Å². The standard InChI is InChI=1S/C26H34N4O4S/c1-3-35(32,33)28-13-10-21(11-14-28)27-26-9-8-20-16-24(23-7-5-4-6-19(23)2)29(31)17-25(20)30(26)22-12-15-34-18-22/h4-9,16,21-22,29H,3,10-15,17-18H2,1-2H3/p+1. The van der Waals surface area contributed by atoms with Crippen LogP contribution in [0.2, 0.25) is 0 Å². The molecular formula is C26H35N4O4S+. The third-order valence-electron chi connectivity index (χ3n) is 7.50. The van der Waals surface area contributed by atoms with Crippen molar-refractivity contribution in [2.45, 2.75) is 51.7 Å². The molecule has 3 aliphatic heterocycles. The molecule has 0 bridgehead atoms. The van der Waals surface area contributed by atoms with Crippen molar-refractivity contribution >= 4 is 27.6 Å². The number of ether oxygens (including phenoxy) is 1. The fourth-order valence-corrected chi connectivity index (χ4v) is 6.60. The molecule has 4 heterocycles. The molecule has 9 heteroatoms. The zero-order valence-electron chi connectivity index (χ0n) is 20.5. The number of hydrogen-bond acceptors (Lipinski definition) is 5. The van der Waals surface area contributed by atoms with E-state index >= 15 is 0 Å². The molecule has 2 fully saturated rings. The van der Waals surface area contributed by atoms with Crippen LogP contribution in [0.3, 0.4) is 0 Å². The number of quaternary nitrogens is 1. The van der Waals surface area contributed by atoms with Crippen LogP contribution in [0.1, 0.15) is 54.6 Å². The topological polar surface area (TPSA) is 90.0 Å². The summed E-state index contributed by atoms with van der Waals surface area (Å²) < 4.78 is 34.1. The number of anilines is 1. The average Bonchev–Trinajstić information content (AvgIpc) is 3.39. The second-order valence-corrected chi connectivity index (χ2v) is 12.0. The second kappa shape index (κ2) is 9.99. The van der Waals surface area contributed by atoms with Gasteiger partial charge in [0.25, 0.3) is 5.82 Å². The number of fused-ring (bicyclic) bond motifs is 1. The largest absolute Gasteiger partial charge is 0.628 e. The first kappa shape index (κ1) is 24.4. The van der Waals surface area contributed by atoms with Gasteiger partial charge < -0.3 is 15.0 Å².